The van der Waals surface area contributed by atoms with Gasteiger partial charge in [-0.15, -0.1) is 11.6 Å². The van der Waals surface area contributed by atoms with E-state index in [9.17, 15) is 0 Å². The van der Waals surface area contributed by atoms with Crippen molar-refractivity contribution in [3.8, 4) is 0 Å². The molecule has 0 aromatic heterocycles. The molecule has 0 saturated heterocycles. The SMILES string of the molecule is CSCCC1(CCl)CC=CC1. The molecule has 0 amide bonds. The second kappa shape index (κ2) is 4.42. The molecule has 0 aromatic carbocycles. The van der Waals surface area contributed by atoms with Crippen molar-refractivity contribution in [2.24, 2.45) is 5.41 Å². The van der Waals surface area contributed by atoms with Crippen LogP contribution in [0, 0.1) is 5.41 Å². The van der Waals surface area contributed by atoms with Gasteiger partial charge in [0.2, 0.25) is 0 Å². The number of halogens is 1. The fourth-order valence-electron chi connectivity index (χ4n) is 1.45. The van der Waals surface area contributed by atoms with E-state index in [-0.39, 0.29) is 0 Å². The van der Waals surface area contributed by atoms with Gasteiger partial charge in [-0.05, 0) is 36.7 Å². The van der Waals surface area contributed by atoms with Crippen molar-refractivity contribution in [1.82, 2.24) is 0 Å². The Balaban J connectivity index is 2.35. The number of alkyl halides is 1. The van der Waals surface area contributed by atoms with E-state index in [4.69, 9.17) is 11.6 Å². The van der Waals surface area contributed by atoms with Gasteiger partial charge in [-0.3, -0.25) is 0 Å². The van der Waals surface area contributed by atoms with Gasteiger partial charge in [-0.1, -0.05) is 12.2 Å². The lowest BCUT2D eigenvalue weighted by molar-refractivity contribution is 0.348. The summed E-state index contributed by atoms with van der Waals surface area (Å²) in [5.41, 5.74) is 0.421. The Labute approximate surface area is 78.4 Å². The summed E-state index contributed by atoms with van der Waals surface area (Å²) in [5, 5.41) is 0. The van der Waals surface area contributed by atoms with Crippen LogP contribution in [0.4, 0.5) is 0 Å². The third-order valence-electron chi connectivity index (χ3n) is 2.39. The molecule has 0 heterocycles. The molecular formula is C9H15ClS. The first kappa shape index (κ1) is 9.47. The maximum absolute atomic E-state index is 5.95. The molecular weight excluding hydrogens is 176 g/mol. The monoisotopic (exact) mass is 190 g/mol. The van der Waals surface area contributed by atoms with E-state index in [1.807, 2.05) is 11.8 Å². The van der Waals surface area contributed by atoms with Crippen LogP contribution in [0.5, 0.6) is 0 Å². The zero-order valence-corrected chi connectivity index (χ0v) is 8.55. The van der Waals surface area contributed by atoms with Crippen LogP contribution < -0.4 is 0 Å². The van der Waals surface area contributed by atoms with Crippen molar-refractivity contribution in [3.63, 3.8) is 0 Å². The minimum Gasteiger partial charge on any atom is -0.165 e. The minimum atomic E-state index is 0.421. The Morgan fingerprint density at radius 1 is 1.45 bits per heavy atom. The third-order valence-corrected chi connectivity index (χ3v) is 3.57. The first-order chi connectivity index (χ1) is 5.33. The molecule has 0 spiro atoms. The maximum Gasteiger partial charge on any atom is 0.0286 e. The largest absolute Gasteiger partial charge is 0.165 e. The molecule has 0 fully saturated rings. The normalized spacial score (nSPS) is 20.9. The van der Waals surface area contributed by atoms with E-state index in [1.165, 1.54) is 25.0 Å². The standard InChI is InChI=1S/C9H15ClS/c1-11-7-6-9(8-10)4-2-3-5-9/h2-3H,4-8H2,1H3. The predicted octanol–water partition coefficient (Wildman–Crippen LogP) is 3.31. The van der Waals surface area contributed by atoms with Crippen LogP contribution in [-0.2, 0) is 0 Å². The summed E-state index contributed by atoms with van der Waals surface area (Å²) in [7, 11) is 0. The van der Waals surface area contributed by atoms with E-state index in [0.29, 0.717) is 5.41 Å². The summed E-state index contributed by atoms with van der Waals surface area (Å²) in [4.78, 5) is 0. The highest BCUT2D eigenvalue weighted by atomic mass is 35.5. The quantitative estimate of drug-likeness (QED) is 0.484. The van der Waals surface area contributed by atoms with Gasteiger partial charge in [0.25, 0.3) is 0 Å². The van der Waals surface area contributed by atoms with Crippen LogP contribution in [0.15, 0.2) is 12.2 Å². The summed E-state index contributed by atoms with van der Waals surface area (Å²) in [6.45, 7) is 0. The molecule has 0 aromatic rings. The molecule has 0 nitrogen and oxygen atoms in total. The zero-order valence-electron chi connectivity index (χ0n) is 6.98. The highest BCUT2D eigenvalue weighted by Gasteiger charge is 2.28. The van der Waals surface area contributed by atoms with Crippen molar-refractivity contribution in [2.45, 2.75) is 19.3 Å². The fourth-order valence-corrected chi connectivity index (χ4v) is 2.44. The number of hydrogen-bond acceptors (Lipinski definition) is 1. The first-order valence-electron chi connectivity index (χ1n) is 4.03. The van der Waals surface area contributed by atoms with Crippen LogP contribution in [0.25, 0.3) is 0 Å². The molecule has 64 valence electrons. The number of rotatable bonds is 4. The average molecular weight is 191 g/mol. The van der Waals surface area contributed by atoms with Gasteiger partial charge < -0.3 is 0 Å². The molecule has 2 heteroatoms. The van der Waals surface area contributed by atoms with Crippen molar-refractivity contribution in [2.75, 3.05) is 17.9 Å². The van der Waals surface area contributed by atoms with Gasteiger partial charge in [0.15, 0.2) is 0 Å². The van der Waals surface area contributed by atoms with Crippen LogP contribution in [0.1, 0.15) is 19.3 Å². The molecule has 0 bridgehead atoms. The summed E-state index contributed by atoms with van der Waals surface area (Å²) in [6, 6.07) is 0. The Kier molecular flexibility index (Phi) is 3.80. The third kappa shape index (κ3) is 2.41. The summed E-state index contributed by atoms with van der Waals surface area (Å²) >= 11 is 7.87. The first-order valence-corrected chi connectivity index (χ1v) is 5.96. The molecule has 0 N–H and O–H groups in total. The van der Waals surface area contributed by atoms with Crippen molar-refractivity contribution in [1.29, 1.82) is 0 Å². The molecule has 0 saturated carbocycles. The fraction of sp³-hybridized carbons (Fsp3) is 0.778. The van der Waals surface area contributed by atoms with Gasteiger partial charge in [-0.2, -0.15) is 11.8 Å². The van der Waals surface area contributed by atoms with E-state index in [2.05, 4.69) is 18.4 Å². The van der Waals surface area contributed by atoms with Crippen molar-refractivity contribution in [3.05, 3.63) is 12.2 Å². The van der Waals surface area contributed by atoms with Gasteiger partial charge in [0.05, 0.1) is 0 Å². The summed E-state index contributed by atoms with van der Waals surface area (Å²) < 4.78 is 0. The number of thioether (sulfide) groups is 1. The van der Waals surface area contributed by atoms with Crippen LogP contribution in [-0.4, -0.2) is 17.9 Å². The van der Waals surface area contributed by atoms with E-state index in [0.717, 1.165) is 5.88 Å². The van der Waals surface area contributed by atoms with Gasteiger partial charge >= 0.3 is 0 Å². The highest BCUT2D eigenvalue weighted by molar-refractivity contribution is 7.98. The smallest absolute Gasteiger partial charge is 0.0286 e. The van der Waals surface area contributed by atoms with Crippen molar-refractivity contribution >= 4 is 23.4 Å². The average Bonchev–Trinajstić information content (AvgIpc) is 2.50. The topological polar surface area (TPSA) is 0 Å². The van der Waals surface area contributed by atoms with Crippen LogP contribution in [0.3, 0.4) is 0 Å². The summed E-state index contributed by atoms with van der Waals surface area (Å²) in [6.07, 6.45) is 10.3. The molecule has 1 aliphatic rings. The minimum absolute atomic E-state index is 0.421. The number of hydrogen-bond donors (Lipinski definition) is 0. The van der Waals surface area contributed by atoms with Gasteiger partial charge in [0, 0.05) is 5.88 Å². The summed E-state index contributed by atoms with van der Waals surface area (Å²) in [5.74, 6) is 2.06. The Morgan fingerprint density at radius 3 is 2.55 bits per heavy atom. The van der Waals surface area contributed by atoms with E-state index < -0.39 is 0 Å². The lowest BCUT2D eigenvalue weighted by Crippen LogP contribution is -2.19. The molecule has 0 aliphatic heterocycles. The number of allylic oxidation sites excluding steroid dienone is 2. The molecule has 11 heavy (non-hydrogen) atoms. The molecule has 1 aliphatic carbocycles. The van der Waals surface area contributed by atoms with E-state index >= 15 is 0 Å². The second-order valence-electron chi connectivity index (χ2n) is 3.26. The lowest BCUT2D eigenvalue weighted by atomic mass is 9.85. The molecule has 0 radical (unpaired) electrons. The second-order valence-corrected chi connectivity index (χ2v) is 4.51. The highest BCUT2D eigenvalue weighted by Crippen LogP contribution is 2.38. The van der Waals surface area contributed by atoms with E-state index in [1.54, 1.807) is 0 Å². The van der Waals surface area contributed by atoms with Gasteiger partial charge in [-0.25, -0.2) is 0 Å². The zero-order chi connectivity index (χ0) is 8.16. The van der Waals surface area contributed by atoms with Crippen LogP contribution in [0.2, 0.25) is 0 Å². The predicted molar refractivity (Wildman–Crippen MR) is 54.5 cm³/mol. The Hall–Kier alpha value is 0.380. The lowest BCUT2D eigenvalue weighted by Gasteiger charge is -2.25. The Morgan fingerprint density at radius 2 is 2.09 bits per heavy atom. The maximum atomic E-state index is 5.95. The Bertz CT molecular complexity index is 134. The molecule has 1 rings (SSSR count). The van der Waals surface area contributed by atoms with Gasteiger partial charge in [0.1, 0.15) is 0 Å². The van der Waals surface area contributed by atoms with Crippen LogP contribution >= 0.6 is 23.4 Å². The van der Waals surface area contributed by atoms with Crippen molar-refractivity contribution < 1.29 is 0 Å². The molecule has 0 unspecified atom stereocenters. The molecule has 0 atom stereocenters.